The number of amides is 1. The Kier molecular flexibility index (Phi) is 5.83. The van der Waals surface area contributed by atoms with Gasteiger partial charge in [-0.25, -0.2) is 0 Å². The molecule has 1 aromatic carbocycles. The van der Waals surface area contributed by atoms with Gasteiger partial charge in [0, 0.05) is 50.1 Å². The lowest BCUT2D eigenvalue weighted by molar-refractivity contribution is -0.132. The van der Waals surface area contributed by atoms with Crippen molar-refractivity contribution in [1.82, 2.24) is 14.8 Å². The molecule has 0 aliphatic carbocycles. The maximum Gasteiger partial charge on any atom is 0.227 e. The molecule has 1 aliphatic heterocycles. The molecule has 0 saturated carbocycles. The zero-order valence-electron chi connectivity index (χ0n) is 13.7. The highest BCUT2D eigenvalue weighted by Crippen LogP contribution is 2.13. The zero-order valence-corrected chi connectivity index (χ0v) is 14.5. The van der Waals surface area contributed by atoms with Crippen LogP contribution in [0.15, 0.2) is 48.8 Å². The van der Waals surface area contributed by atoms with E-state index >= 15 is 0 Å². The molecule has 1 fully saturated rings. The number of piperazine rings is 1. The summed E-state index contributed by atoms with van der Waals surface area (Å²) in [5, 5.41) is 0.682. The minimum Gasteiger partial charge on any atom is -0.340 e. The van der Waals surface area contributed by atoms with Crippen LogP contribution in [0.4, 0.5) is 0 Å². The Morgan fingerprint density at radius 2 is 1.79 bits per heavy atom. The van der Waals surface area contributed by atoms with E-state index in [1.807, 2.05) is 41.6 Å². The van der Waals surface area contributed by atoms with Gasteiger partial charge < -0.3 is 4.90 Å². The van der Waals surface area contributed by atoms with Crippen molar-refractivity contribution in [3.8, 4) is 0 Å². The lowest BCUT2D eigenvalue weighted by Gasteiger charge is -2.34. The van der Waals surface area contributed by atoms with E-state index in [0.29, 0.717) is 11.4 Å². The number of carbonyl (C=O) groups excluding carboxylic acids is 1. The number of carbonyl (C=O) groups is 1. The predicted molar refractivity (Wildman–Crippen MR) is 96.1 cm³/mol. The van der Waals surface area contributed by atoms with Crippen LogP contribution >= 0.6 is 11.6 Å². The quantitative estimate of drug-likeness (QED) is 0.837. The minimum absolute atomic E-state index is 0.186. The van der Waals surface area contributed by atoms with Crippen LogP contribution in [0.25, 0.3) is 0 Å². The fraction of sp³-hybridized carbons (Fsp3) is 0.368. The highest BCUT2D eigenvalue weighted by atomic mass is 35.5. The van der Waals surface area contributed by atoms with Gasteiger partial charge >= 0.3 is 0 Å². The first-order chi connectivity index (χ1) is 11.7. The van der Waals surface area contributed by atoms with E-state index in [-0.39, 0.29) is 5.91 Å². The summed E-state index contributed by atoms with van der Waals surface area (Å²) in [5.74, 6) is 0.186. The monoisotopic (exact) mass is 343 g/mol. The predicted octanol–water partition coefficient (Wildman–Crippen LogP) is 2.66. The van der Waals surface area contributed by atoms with Crippen LogP contribution in [0.5, 0.6) is 0 Å². The summed E-state index contributed by atoms with van der Waals surface area (Å²) in [4.78, 5) is 20.8. The number of rotatable bonds is 5. The van der Waals surface area contributed by atoms with E-state index in [4.69, 9.17) is 11.6 Å². The van der Waals surface area contributed by atoms with Crippen LogP contribution in [-0.4, -0.2) is 53.4 Å². The van der Waals surface area contributed by atoms with Crippen LogP contribution in [0.1, 0.15) is 11.1 Å². The van der Waals surface area contributed by atoms with E-state index in [1.165, 1.54) is 5.56 Å². The topological polar surface area (TPSA) is 36.4 Å². The zero-order chi connectivity index (χ0) is 16.8. The molecule has 5 heteroatoms. The minimum atomic E-state index is 0.186. The lowest BCUT2D eigenvalue weighted by atomic mass is 10.1. The average Bonchev–Trinajstić information content (AvgIpc) is 2.61. The third-order valence-electron chi connectivity index (χ3n) is 4.44. The van der Waals surface area contributed by atoms with Crippen molar-refractivity contribution in [3.63, 3.8) is 0 Å². The van der Waals surface area contributed by atoms with Crippen molar-refractivity contribution < 1.29 is 4.79 Å². The fourth-order valence-corrected chi connectivity index (χ4v) is 3.20. The molecule has 0 N–H and O–H groups in total. The van der Waals surface area contributed by atoms with Gasteiger partial charge in [0.25, 0.3) is 0 Å². The van der Waals surface area contributed by atoms with Gasteiger partial charge in [-0.05, 0) is 41.8 Å². The summed E-state index contributed by atoms with van der Waals surface area (Å²) in [6.45, 7) is 4.50. The molecule has 3 rings (SSSR count). The summed E-state index contributed by atoms with van der Waals surface area (Å²) in [7, 11) is 0. The summed E-state index contributed by atoms with van der Waals surface area (Å²) in [6, 6.07) is 11.7. The van der Waals surface area contributed by atoms with Crippen molar-refractivity contribution in [2.45, 2.75) is 12.8 Å². The molecular formula is C19H22ClN3O. The van der Waals surface area contributed by atoms with Crippen molar-refractivity contribution in [2.75, 3.05) is 32.7 Å². The number of hydrogen-bond donors (Lipinski definition) is 0. The smallest absolute Gasteiger partial charge is 0.227 e. The van der Waals surface area contributed by atoms with Gasteiger partial charge in [0.15, 0.2) is 0 Å². The molecule has 2 aromatic rings. The van der Waals surface area contributed by atoms with Crippen LogP contribution in [0.3, 0.4) is 0 Å². The number of hydrogen-bond acceptors (Lipinski definition) is 3. The van der Waals surface area contributed by atoms with Crippen LogP contribution < -0.4 is 0 Å². The van der Waals surface area contributed by atoms with Gasteiger partial charge in [-0.2, -0.15) is 0 Å². The second kappa shape index (κ2) is 8.27. The summed E-state index contributed by atoms with van der Waals surface area (Å²) in [5.41, 5.74) is 2.29. The van der Waals surface area contributed by atoms with Gasteiger partial charge in [-0.1, -0.05) is 23.7 Å². The van der Waals surface area contributed by atoms with E-state index in [1.54, 1.807) is 0 Å². The SMILES string of the molecule is O=C(Cc1cccc(Cl)c1)N1CCN(CCc2ccncc2)CC1. The molecule has 1 aromatic heterocycles. The summed E-state index contributed by atoms with van der Waals surface area (Å²) in [6.07, 6.45) is 5.13. The molecule has 0 spiro atoms. The average molecular weight is 344 g/mol. The van der Waals surface area contributed by atoms with E-state index in [9.17, 15) is 4.79 Å². The second-order valence-corrected chi connectivity index (χ2v) is 6.57. The number of benzene rings is 1. The fourth-order valence-electron chi connectivity index (χ4n) is 2.99. The van der Waals surface area contributed by atoms with Gasteiger partial charge in [0.2, 0.25) is 5.91 Å². The molecule has 0 atom stereocenters. The molecule has 2 heterocycles. The Labute approximate surface area is 148 Å². The highest BCUT2D eigenvalue weighted by molar-refractivity contribution is 6.30. The third kappa shape index (κ3) is 4.79. The highest BCUT2D eigenvalue weighted by Gasteiger charge is 2.20. The van der Waals surface area contributed by atoms with Crippen LogP contribution in [0.2, 0.25) is 5.02 Å². The maximum absolute atomic E-state index is 12.4. The number of halogens is 1. The molecule has 0 bridgehead atoms. The molecule has 1 aliphatic rings. The van der Waals surface area contributed by atoms with Crippen molar-refractivity contribution in [3.05, 3.63) is 64.9 Å². The van der Waals surface area contributed by atoms with Gasteiger partial charge in [-0.15, -0.1) is 0 Å². The van der Waals surface area contributed by atoms with E-state index in [2.05, 4.69) is 22.0 Å². The second-order valence-electron chi connectivity index (χ2n) is 6.13. The summed E-state index contributed by atoms with van der Waals surface area (Å²) < 4.78 is 0. The van der Waals surface area contributed by atoms with Gasteiger partial charge in [-0.3, -0.25) is 14.7 Å². The van der Waals surface area contributed by atoms with Crippen molar-refractivity contribution >= 4 is 17.5 Å². The Balaban J connectivity index is 1.43. The summed E-state index contributed by atoms with van der Waals surface area (Å²) >= 11 is 5.98. The Bertz CT molecular complexity index is 669. The Hall–Kier alpha value is -1.91. The maximum atomic E-state index is 12.4. The molecule has 24 heavy (non-hydrogen) atoms. The molecule has 1 amide bonds. The van der Waals surface area contributed by atoms with Crippen LogP contribution in [0, 0.1) is 0 Å². The van der Waals surface area contributed by atoms with E-state index in [0.717, 1.165) is 44.7 Å². The van der Waals surface area contributed by atoms with Crippen LogP contribution in [-0.2, 0) is 17.6 Å². The molecular weight excluding hydrogens is 322 g/mol. The van der Waals surface area contributed by atoms with Gasteiger partial charge in [0.1, 0.15) is 0 Å². The number of nitrogens with zero attached hydrogens (tertiary/aromatic N) is 3. The molecule has 1 saturated heterocycles. The Morgan fingerprint density at radius 3 is 2.50 bits per heavy atom. The normalized spacial score (nSPS) is 15.5. The number of pyridine rings is 1. The lowest BCUT2D eigenvalue weighted by Crippen LogP contribution is -2.49. The first-order valence-electron chi connectivity index (χ1n) is 8.34. The molecule has 0 unspecified atom stereocenters. The number of aromatic nitrogens is 1. The van der Waals surface area contributed by atoms with Crippen molar-refractivity contribution in [1.29, 1.82) is 0 Å². The first kappa shape index (κ1) is 16.9. The van der Waals surface area contributed by atoms with Gasteiger partial charge in [0.05, 0.1) is 6.42 Å². The van der Waals surface area contributed by atoms with E-state index < -0.39 is 0 Å². The largest absolute Gasteiger partial charge is 0.340 e. The third-order valence-corrected chi connectivity index (χ3v) is 4.67. The molecule has 126 valence electrons. The molecule has 4 nitrogen and oxygen atoms in total. The standard InChI is InChI=1S/C19H22ClN3O/c20-18-3-1-2-17(14-18)15-19(24)23-12-10-22(11-13-23)9-6-16-4-7-21-8-5-16/h1-5,7-8,14H,6,9-13,15H2. The molecule has 0 radical (unpaired) electrons. The first-order valence-corrected chi connectivity index (χ1v) is 8.72. The van der Waals surface area contributed by atoms with Crippen molar-refractivity contribution in [2.24, 2.45) is 0 Å². The Morgan fingerprint density at radius 1 is 1.04 bits per heavy atom.